The summed E-state index contributed by atoms with van der Waals surface area (Å²) in [4.78, 5) is 31.3. The van der Waals surface area contributed by atoms with E-state index >= 15 is 0 Å². The van der Waals surface area contributed by atoms with Crippen LogP contribution in [-0.4, -0.2) is 85.9 Å². The van der Waals surface area contributed by atoms with Crippen molar-refractivity contribution >= 4 is 17.6 Å². The molecule has 3 N–H and O–H groups in total. The van der Waals surface area contributed by atoms with Gasteiger partial charge < -0.3 is 19.9 Å². The molecule has 202 valence electrons. The summed E-state index contributed by atoms with van der Waals surface area (Å²) in [5.74, 6) is -3.10. The van der Waals surface area contributed by atoms with Crippen LogP contribution >= 0.6 is 0 Å². The Hall–Kier alpha value is -2.65. The summed E-state index contributed by atoms with van der Waals surface area (Å²) in [5.41, 5.74) is 3.59. The molecular formula is C21H28F6N6O3. The molecule has 0 saturated carbocycles. The van der Waals surface area contributed by atoms with Crippen molar-refractivity contribution in [1.82, 2.24) is 26.1 Å². The smallest absolute Gasteiger partial charge is 0.379 e. The van der Waals surface area contributed by atoms with Crippen molar-refractivity contribution in [3.8, 4) is 0 Å². The van der Waals surface area contributed by atoms with Crippen LogP contribution in [0.1, 0.15) is 18.9 Å². The van der Waals surface area contributed by atoms with Crippen molar-refractivity contribution in [2.24, 2.45) is 5.92 Å². The first-order valence-electron chi connectivity index (χ1n) is 11.4. The molecule has 2 aliphatic heterocycles. The summed E-state index contributed by atoms with van der Waals surface area (Å²) < 4.78 is 83.1. The molecule has 0 aromatic carbocycles. The molecule has 3 heterocycles. The summed E-state index contributed by atoms with van der Waals surface area (Å²) in [6.45, 7) is 3.19. The fourth-order valence-electron chi connectivity index (χ4n) is 4.08. The molecule has 36 heavy (non-hydrogen) atoms. The molecule has 2 unspecified atom stereocenters. The Labute approximate surface area is 203 Å². The van der Waals surface area contributed by atoms with E-state index in [0.717, 1.165) is 12.3 Å². The van der Waals surface area contributed by atoms with Gasteiger partial charge in [0.05, 0.1) is 25.2 Å². The molecule has 9 nitrogen and oxygen atoms in total. The average Bonchev–Trinajstić information content (AvgIpc) is 2.80. The lowest BCUT2D eigenvalue weighted by Crippen LogP contribution is -2.64. The number of nitrogens with zero attached hydrogens (tertiary/aromatic N) is 3. The highest BCUT2D eigenvalue weighted by molar-refractivity contribution is 5.80. The van der Waals surface area contributed by atoms with E-state index in [1.54, 1.807) is 16.7 Å². The van der Waals surface area contributed by atoms with Gasteiger partial charge in [-0.15, -0.1) is 0 Å². The summed E-state index contributed by atoms with van der Waals surface area (Å²) >= 11 is 0. The second-order valence-corrected chi connectivity index (χ2v) is 8.66. The highest BCUT2D eigenvalue weighted by Gasteiger charge is 2.51. The Kier molecular flexibility index (Phi) is 9.00. The molecule has 2 fully saturated rings. The van der Waals surface area contributed by atoms with Crippen molar-refractivity contribution in [3.63, 3.8) is 0 Å². The van der Waals surface area contributed by atoms with Gasteiger partial charge in [-0.05, 0) is 19.1 Å². The van der Waals surface area contributed by atoms with Crippen LogP contribution in [0.5, 0.6) is 0 Å². The second kappa shape index (κ2) is 11.6. The topological polar surface area (TPSA) is 98.8 Å². The standard InChI is InChI=1S/C21H28F6N6O3/c1-13(30-15-11-29-31-19(35)18(15)21(25,26)27)12-36-9-4-17(34)33-7-5-32(6-8-33)16-3-2-14(10-28-16)20(22,23)24/h2-3,10,13,15,18,29-30H,4-9,11-12H2,1H3,(H,31,35)/t13-,15?,18?/m0/s1. The summed E-state index contributed by atoms with van der Waals surface area (Å²) in [5, 5.41) is 2.75. The van der Waals surface area contributed by atoms with Crippen molar-refractivity contribution < 1.29 is 40.7 Å². The van der Waals surface area contributed by atoms with Crippen molar-refractivity contribution in [1.29, 1.82) is 0 Å². The van der Waals surface area contributed by atoms with Gasteiger partial charge in [0.15, 0.2) is 5.92 Å². The van der Waals surface area contributed by atoms with Gasteiger partial charge in [-0.2, -0.15) is 26.3 Å². The maximum absolute atomic E-state index is 13.2. The van der Waals surface area contributed by atoms with Gasteiger partial charge in [0.25, 0.3) is 0 Å². The third-order valence-corrected chi connectivity index (χ3v) is 5.93. The summed E-state index contributed by atoms with van der Waals surface area (Å²) in [7, 11) is 0. The summed E-state index contributed by atoms with van der Waals surface area (Å²) in [6.07, 6.45) is -8.29. The number of alkyl halides is 6. The maximum atomic E-state index is 13.2. The minimum Gasteiger partial charge on any atom is -0.379 e. The predicted molar refractivity (Wildman–Crippen MR) is 116 cm³/mol. The number of rotatable bonds is 8. The SMILES string of the molecule is C[C@@H](COCCC(=O)N1CCN(c2ccc(C(F)(F)F)cn2)CC1)NC1CNNC(=O)C1C(F)(F)F. The van der Waals surface area contributed by atoms with Gasteiger partial charge in [0.1, 0.15) is 5.82 Å². The number of nitrogens with one attached hydrogen (secondary N) is 3. The number of anilines is 1. The average molecular weight is 526 g/mol. The molecule has 0 spiro atoms. The monoisotopic (exact) mass is 526 g/mol. The first-order valence-corrected chi connectivity index (χ1v) is 11.4. The minimum absolute atomic E-state index is 0.0450. The van der Waals surface area contributed by atoms with E-state index in [-0.39, 0.29) is 32.1 Å². The maximum Gasteiger partial charge on any atom is 0.417 e. The third-order valence-electron chi connectivity index (χ3n) is 5.93. The summed E-state index contributed by atoms with van der Waals surface area (Å²) in [6, 6.07) is 0.614. The number of hydrogen-bond acceptors (Lipinski definition) is 7. The van der Waals surface area contributed by atoms with E-state index in [9.17, 15) is 35.9 Å². The minimum atomic E-state index is -4.69. The number of ether oxygens (including phenoxy) is 1. The largest absolute Gasteiger partial charge is 0.417 e. The van der Waals surface area contributed by atoms with Crippen LogP contribution in [-0.2, 0) is 20.5 Å². The molecule has 3 rings (SSSR count). The quantitative estimate of drug-likeness (QED) is 0.347. The van der Waals surface area contributed by atoms with E-state index in [4.69, 9.17) is 4.74 Å². The van der Waals surface area contributed by atoms with E-state index in [1.165, 1.54) is 6.07 Å². The van der Waals surface area contributed by atoms with Crippen LogP contribution in [0.25, 0.3) is 0 Å². The Balaban J connectivity index is 1.36. The van der Waals surface area contributed by atoms with Gasteiger partial charge in [0.2, 0.25) is 11.8 Å². The molecular weight excluding hydrogens is 498 g/mol. The Morgan fingerprint density at radius 2 is 1.89 bits per heavy atom. The number of hydrazine groups is 1. The van der Waals surface area contributed by atoms with E-state index in [1.807, 2.05) is 5.43 Å². The Morgan fingerprint density at radius 3 is 2.47 bits per heavy atom. The van der Waals surface area contributed by atoms with E-state index in [0.29, 0.717) is 32.0 Å². The van der Waals surface area contributed by atoms with Crippen LogP contribution in [0.15, 0.2) is 18.3 Å². The van der Waals surface area contributed by atoms with Gasteiger partial charge in [-0.3, -0.25) is 15.0 Å². The fourth-order valence-corrected chi connectivity index (χ4v) is 4.08. The molecule has 15 heteroatoms. The number of amides is 2. The number of halogens is 6. The number of piperazine rings is 1. The number of aromatic nitrogens is 1. The fraction of sp³-hybridized carbons (Fsp3) is 0.667. The third kappa shape index (κ3) is 7.43. The van der Waals surface area contributed by atoms with Crippen LogP contribution in [0.4, 0.5) is 32.2 Å². The van der Waals surface area contributed by atoms with Gasteiger partial charge in [-0.25, -0.2) is 10.4 Å². The first-order chi connectivity index (χ1) is 16.9. The Bertz CT molecular complexity index is 890. The van der Waals surface area contributed by atoms with E-state index < -0.39 is 41.8 Å². The highest BCUT2D eigenvalue weighted by atomic mass is 19.4. The van der Waals surface area contributed by atoms with Crippen LogP contribution in [0.2, 0.25) is 0 Å². The molecule has 1 aromatic rings. The lowest BCUT2D eigenvalue weighted by molar-refractivity contribution is -0.193. The molecule has 2 saturated heterocycles. The number of carbonyl (C=O) groups is 2. The lowest BCUT2D eigenvalue weighted by Gasteiger charge is -2.35. The number of pyridine rings is 1. The van der Waals surface area contributed by atoms with Gasteiger partial charge in [-0.1, -0.05) is 0 Å². The predicted octanol–water partition coefficient (Wildman–Crippen LogP) is 1.32. The lowest BCUT2D eigenvalue weighted by atomic mass is 9.96. The number of carbonyl (C=O) groups excluding carboxylic acids is 2. The molecule has 2 aliphatic rings. The zero-order valence-electron chi connectivity index (χ0n) is 19.5. The molecule has 3 atom stereocenters. The van der Waals surface area contributed by atoms with Crippen molar-refractivity contribution in [2.45, 2.75) is 37.8 Å². The van der Waals surface area contributed by atoms with Gasteiger partial charge >= 0.3 is 12.4 Å². The van der Waals surface area contributed by atoms with Crippen molar-refractivity contribution in [3.05, 3.63) is 23.9 Å². The molecule has 0 bridgehead atoms. The highest BCUT2D eigenvalue weighted by Crippen LogP contribution is 2.31. The Morgan fingerprint density at radius 1 is 1.19 bits per heavy atom. The second-order valence-electron chi connectivity index (χ2n) is 8.66. The molecule has 1 aromatic heterocycles. The van der Waals surface area contributed by atoms with E-state index in [2.05, 4.69) is 15.7 Å². The normalized spacial score (nSPS) is 22.4. The van der Waals surface area contributed by atoms with Gasteiger partial charge in [0, 0.05) is 51.0 Å². The zero-order valence-corrected chi connectivity index (χ0v) is 19.5. The number of hydrogen-bond donors (Lipinski definition) is 3. The van der Waals surface area contributed by atoms with Crippen LogP contribution in [0.3, 0.4) is 0 Å². The molecule has 0 aliphatic carbocycles. The molecule has 0 radical (unpaired) electrons. The first kappa shape index (κ1) is 27.9. The zero-order chi connectivity index (χ0) is 26.5. The van der Waals surface area contributed by atoms with Crippen molar-refractivity contribution in [2.75, 3.05) is 50.8 Å². The molecule has 2 amide bonds. The van der Waals surface area contributed by atoms with Crippen LogP contribution < -0.4 is 21.1 Å². The van der Waals surface area contributed by atoms with Crippen LogP contribution in [0, 0.1) is 5.92 Å².